The minimum absolute atomic E-state index is 0.521. The Morgan fingerprint density at radius 3 is 2.07 bits per heavy atom. The minimum Gasteiger partial charge on any atom is -0.361 e. The van der Waals surface area contributed by atoms with Gasteiger partial charge >= 0.3 is 0 Å². The van der Waals surface area contributed by atoms with Crippen LogP contribution in [0.1, 0.15) is 0 Å². The average Bonchev–Trinajstić information content (AvgIpc) is 3.84. The molecule has 8 aromatic rings. The van der Waals surface area contributed by atoms with Gasteiger partial charge in [0.25, 0.3) is 0 Å². The second kappa shape index (κ2) is 11.5. The molecule has 0 unspecified atom stereocenters. The van der Waals surface area contributed by atoms with Gasteiger partial charge in [-0.3, -0.25) is 18.8 Å². The Hall–Kier alpha value is -5.20. The van der Waals surface area contributed by atoms with E-state index in [0.717, 1.165) is 62.5 Å². The first-order valence-electron chi connectivity index (χ1n) is 14.4. The maximum Gasteiger partial charge on any atom is 0.149 e. The van der Waals surface area contributed by atoms with Gasteiger partial charge in [0.2, 0.25) is 0 Å². The number of nitrogens with one attached hydrogen (secondary N) is 1. The van der Waals surface area contributed by atoms with Crippen molar-refractivity contribution in [3.63, 3.8) is 0 Å². The molecule has 0 saturated carbocycles. The molecule has 0 spiro atoms. The molecule has 11 nitrogen and oxygen atoms in total. The van der Waals surface area contributed by atoms with Crippen LogP contribution in [0.2, 0.25) is 25.7 Å². The number of aromatic amines is 1. The Balaban J connectivity index is 0.000000151. The number of nitrogens with zero attached hydrogens (tertiary/aromatic N) is 9. The van der Waals surface area contributed by atoms with Crippen LogP contribution in [-0.2, 0) is 11.5 Å². The molecule has 0 bridgehead atoms. The lowest BCUT2D eigenvalue weighted by atomic mass is 10.2. The molecule has 0 amide bonds. The van der Waals surface area contributed by atoms with Crippen molar-refractivity contribution in [2.24, 2.45) is 0 Å². The molecule has 0 aromatic carbocycles. The van der Waals surface area contributed by atoms with E-state index in [0.29, 0.717) is 6.73 Å². The molecular formula is C32H32N10OSi. The number of fused-ring (bicyclic) bond motifs is 6. The Bertz CT molecular complexity index is 2180. The summed E-state index contributed by atoms with van der Waals surface area (Å²) < 4.78 is 11.8. The smallest absolute Gasteiger partial charge is 0.149 e. The van der Waals surface area contributed by atoms with Gasteiger partial charge in [-0.25, -0.2) is 19.9 Å². The van der Waals surface area contributed by atoms with Gasteiger partial charge < -0.3 is 14.3 Å². The van der Waals surface area contributed by atoms with Crippen molar-refractivity contribution in [3.05, 3.63) is 98.6 Å². The molecule has 0 aliphatic carbocycles. The second-order valence-corrected chi connectivity index (χ2v) is 17.4. The largest absolute Gasteiger partial charge is 0.361 e. The fraction of sp³-hybridized carbons (Fsp3) is 0.188. The van der Waals surface area contributed by atoms with Gasteiger partial charge in [-0.2, -0.15) is 0 Å². The van der Waals surface area contributed by atoms with Crippen LogP contribution < -0.4 is 0 Å². The summed E-state index contributed by atoms with van der Waals surface area (Å²) in [5, 5.41) is 2.05. The van der Waals surface area contributed by atoms with E-state index < -0.39 is 8.07 Å². The van der Waals surface area contributed by atoms with Crippen LogP contribution in [0.15, 0.2) is 98.6 Å². The summed E-state index contributed by atoms with van der Waals surface area (Å²) in [5.74, 6) is 0. The molecule has 8 aromatic heterocycles. The van der Waals surface area contributed by atoms with Gasteiger partial charge in [0, 0.05) is 75.4 Å². The molecule has 8 rings (SSSR count). The molecule has 1 N–H and O–H groups in total. The topological polar surface area (TPSA) is 116 Å². The molecule has 8 heterocycles. The van der Waals surface area contributed by atoms with E-state index in [1.165, 1.54) is 6.04 Å². The van der Waals surface area contributed by atoms with E-state index in [1.54, 1.807) is 18.7 Å². The predicted molar refractivity (Wildman–Crippen MR) is 174 cm³/mol. The SMILES string of the molecule is C[Si](C)(C)CCOCn1ccc2c1ncn1cc(-c3cccnc3)nc21.c1cncc(-c2cn3cnc4[nH]ccc4c3n2)c1. The lowest BCUT2D eigenvalue weighted by molar-refractivity contribution is 0.0899. The van der Waals surface area contributed by atoms with E-state index >= 15 is 0 Å². The van der Waals surface area contributed by atoms with E-state index in [4.69, 9.17) is 9.72 Å². The summed E-state index contributed by atoms with van der Waals surface area (Å²) in [6.07, 6.45) is 18.6. The Kier molecular flexibility index (Phi) is 7.20. The van der Waals surface area contributed by atoms with Gasteiger partial charge in [0.05, 0.1) is 22.2 Å². The summed E-state index contributed by atoms with van der Waals surface area (Å²) in [6.45, 7) is 8.40. The zero-order valence-electron chi connectivity index (χ0n) is 24.8. The quantitative estimate of drug-likeness (QED) is 0.168. The van der Waals surface area contributed by atoms with Crippen LogP contribution in [0.4, 0.5) is 0 Å². The molecule has 0 aliphatic rings. The Morgan fingerprint density at radius 2 is 1.43 bits per heavy atom. The van der Waals surface area contributed by atoms with Crippen molar-refractivity contribution in [2.75, 3.05) is 6.61 Å². The van der Waals surface area contributed by atoms with Gasteiger partial charge in [-0.15, -0.1) is 0 Å². The highest BCUT2D eigenvalue weighted by molar-refractivity contribution is 6.76. The highest BCUT2D eigenvalue weighted by atomic mass is 28.3. The van der Waals surface area contributed by atoms with E-state index in [-0.39, 0.29) is 0 Å². The van der Waals surface area contributed by atoms with Crippen molar-refractivity contribution < 1.29 is 4.74 Å². The minimum atomic E-state index is -1.07. The number of ether oxygens (including phenoxy) is 1. The fourth-order valence-corrected chi connectivity index (χ4v) is 5.74. The van der Waals surface area contributed by atoms with Crippen molar-refractivity contribution in [1.82, 2.24) is 48.3 Å². The number of pyridine rings is 2. The van der Waals surface area contributed by atoms with Crippen LogP contribution in [0.3, 0.4) is 0 Å². The molecule has 0 atom stereocenters. The third kappa shape index (κ3) is 5.60. The molecule has 0 radical (unpaired) electrons. The predicted octanol–water partition coefficient (Wildman–Crippen LogP) is 6.33. The normalized spacial score (nSPS) is 11.9. The Labute approximate surface area is 254 Å². The third-order valence-corrected chi connectivity index (χ3v) is 9.07. The molecular weight excluding hydrogens is 569 g/mol. The van der Waals surface area contributed by atoms with Crippen LogP contribution in [0.5, 0.6) is 0 Å². The zero-order valence-corrected chi connectivity index (χ0v) is 25.8. The number of rotatable bonds is 7. The Morgan fingerprint density at radius 1 is 0.773 bits per heavy atom. The fourth-order valence-electron chi connectivity index (χ4n) is 4.98. The van der Waals surface area contributed by atoms with Gasteiger partial charge in [0.1, 0.15) is 42.0 Å². The zero-order chi connectivity index (χ0) is 30.1. The summed E-state index contributed by atoms with van der Waals surface area (Å²) in [7, 11) is -1.07. The highest BCUT2D eigenvalue weighted by Gasteiger charge is 2.14. The van der Waals surface area contributed by atoms with Crippen molar-refractivity contribution in [2.45, 2.75) is 32.4 Å². The summed E-state index contributed by atoms with van der Waals surface area (Å²) in [5.41, 5.74) is 7.35. The van der Waals surface area contributed by atoms with Crippen molar-refractivity contribution in [1.29, 1.82) is 0 Å². The number of H-pyrrole nitrogens is 1. The summed E-state index contributed by atoms with van der Waals surface area (Å²) in [4.78, 5) is 29.7. The third-order valence-electron chi connectivity index (χ3n) is 7.36. The summed E-state index contributed by atoms with van der Waals surface area (Å²) >= 11 is 0. The first-order chi connectivity index (χ1) is 21.4. The molecule has 0 fully saturated rings. The molecule has 12 heteroatoms. The van der Waals surface area contributed by atoms with E-state index in [2.05, 4.69) is 55.6 Å². The number of imidazole rings is 2. The van der Waals surface area contributed by atoms with E-state index in [9.17, 15) is 0 Å². The maximum atomic E-state index is 5.87. The molecule has 220 valence electrons. The highest BCUT2D eigenvalue weighted by Crippen LogP contribution is 2.24. The monoisotopic (exact) mass is 600 g/mol. The molecule has 44 heavy (non-hydrogen) atoms. The lowest BCUT2D eigenvalue weighted by Crippen LogP contribution is -2.22. The maximum absolute atomic E-state index is 5.87. The standard InChI is InChI=1S/C19H23N5OSi.C13H9N5/c1-26(2,3)10-9-25-14-23-8-6-16-18(23)21-13-24-12-17(22-19(16)24)15-5-4-7-20-11-15;1-2-9(6-14-4-1)11-7-18-8-16-12-10(3-5-15-12)13(18)17-11/h4-8,11-13H,9-10,14H2,1-3H3;1-8,15H. The van der Waals surface area contributed by atoms with E-state index in [1.807, 2.05) is 87.2 Å². The van der Waals surface area contributed by atoms with Crippen LogP contribution in [0, 0.1) is 0 Å². The van der Waals surface area contributed by atoms with Crippen LogP contribution in [0.25, 0.3) is 55.9 Å². The number of aromatic nitrogens is 10. The van der Waals surface area contributed by atoms with Crippen molar-refractivity contribution >= 4 is 41.4 Å². The first-order valence-corrected chi connectivity index (χ1v) is 18.2. The second-order valence-electron chi connectivity index (χ2n) is 11.8. The van der Waals surface area contributed by atoms with Gasteiger partial charge in [-0.05, 0) is 42.4 Å². The number of hydrogen-bond donors (Lipinski definition) is 1. The van der Waals surface area contributed by atoms with Gasteiger partial charge in [-0.1, -0.05) is 19.6 Å². The van der Waals surface area contributed by atoms with Crippen molar-refractivity contribution in [3.8, 4) is 22.5 Å². The molecule has 0 saturated heterocycles. The lowest BCUT2D eigenvalue weighted by Gasteiger charge is -2.15. The molecule has 0 aliphatic heterocycles. The van der Waals surface area contributed by atoms with Gasteiger partial charge in [0.15, 0.2) is 0 Å². The first kappa shape index (κ1) is 27.6. The van der Waals surface area contributed by atoms with Crippen LogP contribution >= 0.6 is 0 Å². The van der Waals surface area contributed by atoms with Crippen LogP contribution in [-0.4, -0.2) is 62.9 Å². The average molecular weight is 601 g/mol. The number of hydrogen-bond acceptors (Lipinski definition) is 7. The summed E-state index contributed by atoms with van der Waals surface area (Å²) in [6, 6.07) is 13.0.